The van der Waals surface area contributed by atoms with Crippen molar-refractivity contribution in [1.29, 1.82) is 0 Å². The second-order valence-corrected chi connectivity index (χ2v) is 6.52. The molecule has 0 aromatic carbocycles. The Balaban J connectivity index is 2.23. The monoisotopic (exact) mass is 220 g/mol. The number of hydrogen-bond acceptors (Lipinski definition) is 1. The molecule has 0 radical (unpaired) electrons. The molecular formula is C15H24O. The number of hydrogen-bond donors (Lipinski definition) is 1. The Labute approximate surface area is 99.6 Å². The van der Waals surface area contributed by atoms with Gasteiger partial charge in [0.2, 0.25) is 0 Å². The third-order valence-electron chi connectivity index (χ3n) is 5.53. The normalized spacial score (nSPS) is 52.8. The Morgan fingerprint density at radius 3 is 2.56 bits per heavy atom. The van der Waals surface area contributed by atoms with Crippen LogP contribution in [0.2, 0.25) is 0 Å². The Morgan fingerprint density at radius 1 is 1.25 bits per heavy atom. The SMILES string of the molecule is C#CC1(O)CCC2(C)CCC(C)C(C)C2C1. The van der Waals surface area contributed by atoms with Crippen molar-refractivity contribution in [2.75, 3.05) is 0 Å². The Hall–Kier alpha value is -0.480. The van der Waals surface area contributed by atoms with Gasteiger partial charge in [-0.25, -0.2) is 0 Å². The second kappa shape index (κ2) is 3.77. The summed E-state index contributed by atoms with van der Waals surface area (Å²) in [5.41, 5.74) is -0.398. The van der Waals surface area contributed by atoms with E-state index >= 15 is 0 Å². The minimum Gasteiger partial charge on any atom is -0.378 e. The van der Waals surface area contributed by atoms with E-state index in [1.807, 2.05) is 0 Å². The fraction of sp³-hybridized carbons (Fsp3) is 0.867. The van der Waals surface area contributed by atoms with Gasteiger partial charge in [0, 0.05) is 0 Å². The van der Waals surface area contributed by atoms with E-state index in [0.717, 1.165) is 25.2 Å². The van der Waals surface area contributed by atoms with E-state index in [2.05, 4.69) is 26.7 Å². The van der Waals surface area contributed by atoms with Gasteiger partial charge in [-0.3, -0.25) is 0 Å². The highest BCUT2D eigenvalue weighted by Gasteiger charge is 2.50. The molecule has 2 saturated carbocycles. The molecule has 0 saturated heterocycles. The molecule has 0 spiro atoms. The minimum atomic E-state index is -0.824. The molecular weight excluding hydrogens is 196 g/mol. The van der Waals surface area contributed by atoms with Gasteiger partial charge >= 0.3 is 0 Å². The average Bonchev–Trinajstić information content (AvgIpc) is 2.27. The topological polar surface area (TPSA) is 20.2 Å². The van der Waals surface area contributed by atoms with Gasteiger partial charge in [0.25, 0.3) is 0 Å². The number of rotatable bonds is 0. The summed E-state index contributed by atoms with van der Waals surface area (Å²) in [5, 5.41) is 10.3. The lowest BCUT2D eigenvalue weighted by Gasteiger charge is -2.54. The first-order valence-corrected chi connectivity index (χ1v) is 6.60. The van der Waals surface area contributed by atoms with E-state index in [1.165, 1.54) is 12.8 Å². The van der Waals surface area contributed by atoms with Crippen LogP contribution in [0.5, 0.6) is 0 Å². The molecule has 2 aliphatic rings. The van der Waals surface area contributed by atoms with Gasteiger partial charge in [-0.1, -0.05) is 26.7 Å². The maximum absolute atomic E-state index is 10.3. The molecule has 90 valence electrons. The summed E-state index contributed by atoms with van der Waals surface area (Å²) in [5.74, 6) is 4.69. The molecule has 1 N–H and O–H groups in total. The Morgan fingerprint density at radius 2 is 1.94 bits per heavy atom. The van der Waals surface area contributed by atoms with E-state index in [0.29, 0.717) is 17.3 Å². The van der Waals surface area contributed by atoms with Gasteiger partial charge in [-0.2, -0.15) is 0 Å². The van der Waals surface area contributed by atoms with Crippen molar-refractivity contribution in [2.24, 2.45) is 23.2 Å². The minimum absolute atomic E-state index is 0.426. The molecule has 2 fully saturated rings. The first kappa shape index (κ1) is 12.0. The summed E-state index contributed by atoms with van der Waals surface area (Å²) in [7, 11) is 0. The van der Waals surface area contributed by atoms with Crippen molar-refractivity contribution in [3.05, 3.63) is 0 Å². The quantitative estimate of drug-likeness (QED) is 0.621. The molecule has 1 heteroatoms. The molecule has 0 bridgehead atoms. The highest BCUT2D eigenvalue weighted by atomic mass is 16.3. The van der Waals surface area contributed by atoms with Gasteiger partial charge in [-0.15, -0.1) is 6.42 Å². The van der Waals surface area contributed by atoms with Crippen molar-refractivity contribution in [1.82, 2.24) is 0 Å². The molecule has 2 rings (SSSR count). The maximum atomic E-state index is 10.3. The second-order valence-electron chi connectivity index (χ2n) is 6.52. The van der Waals surface area contributed by atoms with Gasteiger partial charge in [0.15, 0.2) is 0 Å². The van der Waals surface area contributed by atoms with Crippen LogP contribution in [0.25, 0.3) is 0 Å². The smallest absolute Gasteiger partial charge is 0.125 e. The predicted molar refractivity (Wildman–Crippen MR) is 66.8 cm³/mol. The zero-order valence-electron chi connectivity index (χ0n) is 10.8. The summed E-state index contributed by atoms with van der Waals surface area (Å²) in [6.07, 6.45) is 10.8. The van der Waals surface area contributed by atoms with Gasteiger partial charge in [0.1, 0.15) is 5.60 Å². The van der Waals surface area contributed by atoms with Crippen LogP contribution in [0.1, 0.15) is 52.9 Å². The zero-order chi connectivity index (χ0) is 12.0. The molecule has 5 atom stereocenters. The van der Waals surface area contributed by atoms with Crippen molar-refractivity contribution in [2.45, 2.75) is 58.5 Å². The third-order valence-corrected chi connectivity index (χ3v) is 5.53. The standard InChI is InChI=1S/C15H24O/c1-5-15(16)9-8-14(4)7-6-11(2)12(3)13(14)10-15/h1,11-13,16H,6-10H2,2-4H3. The number of aliphatic hydroxyl groups is 1. The number of fused-ring (bicyclic) bond motifs is 1. The Kier molecular flexibility index (Phi) is 2.83. The summed E-state index contributed by atoms with van der Waals surface area (Å²) < 4.78 is 0. The predicted octanol–water partition coefficient (Wildman–Crippen LogP) is 3.22. The van der Waals surface area contributed by atoms with Crippen molar-refractivity contribution in [3.63, 3.8) is 0 Å². The van der Waals surface area contributed by atoms with Crippen LogP contribution in [-0.4, -0.2) is 10.7 Å². The molecule has 2 aliphatic carbocycles. The van der Waals surface area contributed by atoms with Gasteiger partial charge in [-0.05, 0) is 55.3 Å². The summed E-state index contributed by atoms with van der Waals surface area (Å²) in [4.78, 5) is 0. The van der Waals surface area contributed by atoms with E-state index in [9.17, 15) is 5.11 Å². The largest absolute Gasteiger partial charge is 0.378 e. The van der Waals surface area contributed by atoms with Crippen LogP contribution >= 0.6 is 0 Å². The van der Waals surface area contributed by atoms with Crippen LogP contribution in [0.3, 0.4) is 0 Å². The lowest BCUT2D eigenvalue weighted by Crippen LogP contribution is -2.49. The zero-order valence-corrected chi connectivity index (χ0v) is 10.8. The molecule has 1 nitrogen and oxygen atoms in total. The fourth-order valence-electron chi connectivity index (χ4n) is 3.87. The summed E-state index contributed by atoms with van der Waals surface area (Å²) in [6.45, 7) is 7.08. The molecule has 0 aromatic rings. The maximum Gasteiger partial charge on any atom is 0.125 e. The van der Waals surface area contributed by atoms with Crippen LogP contribution in [-0.2, 0) is 0 Å². The lowest BCUT2D eigenvalue weighted by molar-refractivity contribution is -0.0793. The van der Waals surface area contributed by atoms with Crippen LogP contribution < -0.4 is 0 Å². The van der Waals surface area contributed by atoms with Crippen LogP contribution in [0.15, 0.2) is 0 Å². The van der Waals surface area contributed by atoms with Crippen molar-refractivity contribution < 1.29 is 5.11 Å². The van der Waals surface area contributed by atoms with Crippen LogP contribution in [0.4, 0.5) is 0 Å². The molecule has 16 heavy (non-hydrogen) atoms. The summed E-state index contributed by atoms with van der Waals surface area (Å²) >= 11 is 0. The average molecular weight is 220 g/mol. The van der Waals surface area contributed by atoms with Crippen LogP contribution in [0, 0.1) is 35.5 Å². The van der Waals surface area contributed by atoms with Crippen molar-refractivity contribution in [3.8, 4) is 12.3 Å². The molecule has 0 aliphatic heterocycles. The fourth-order valence-corrected chi connectivity index (χ4v) is 3.87. The lowest BCUT2D eigenvalue weighted by atomic mass is 9.52. The molecule has 0 heterocycles. The van der Waals surface area contributed by atoms with E-state index < -0.39 is 5.60 Å². The van der Waals surface area contributed by atoms with Crippen molar-refractivity contribution >= 4 is 0 Å². The van der Waals surface area contributed by atoms with E-state index in [-0.39, 0.29) is 0 Å². The summed E-state index contributed by atoms with van der Waals surface area (Å²) in [6, 6.07) is 0. The van der Waals surface area contributed by atoms with E-state index in [1.54, 1.807) is 0 Å². The van der Waals surface area contributed by atoms with Gasteiger partial charge in [0.05, 0.1) is 0 Å². The Bertz CT molecular complexity index is 316. The van der Waals surface area contributed by atoms with E-state index in [4.69, 9.17) is 6.42 Å². The first-order valence-electron chi connectivity index (χ1n) is 6.60. The molecule has 0 amide bonds. The number of terminal acetylenes is 1. The molecule has 5 unspecified atom stereocenters. The molecule has 0 aromatic heterocycles. The first-order chi connectivity index (χ1) is 7.40. The van der Waals surface area contributed by atoms with Gasteiger partial charge < -0.3 is 5.11 Å². The highest BCUT2D eigenvalue weighted by Crippen LogP contribution is 2.56. The highest BCUT2D eigenvalue weighted by molar-refractivity contribution is 5.13. The third kappa shape index (κ3) is 1.78.